The van der Waals surface area contributed by atoms with Gasteiger partial charge in [-0.15, -0.1) is 5.10 Å². The molecule has 2 aromatic carbocycles. The van der Waals surface area contributed by atoms with E-state index in [1.54, 1.807) is 9.58 Å². The Morgan fingerprint density at radius 1 is 0.976 bits per heavy atom. The molecular formula is C31H37N7O4. The number of aromatic nitrogens is 3. The molecule has 220 valence electrons. The lowest BCUT2D eigenvalue weighted by atomic mass is 9.73. The van der Waals surface area contributed by atoms with Crippen molar-refractivity contribution in [1.29, 1.82) is 0 Å². The highest BCUT2D eigenvalue weighted by molar-refractivity contribution is 5.99. The van der Waals surface area contributed by atoms with Crippen LogP contribution in [-0.2, 0) is 24.2 Å². The largest absolute Gasteiger partial charge is 0.494 e. The number of carbonyl (C=O) groups is 3. The fourth-order valence-electron chi connectivity index (χ4n) is 6.09. The minimum absolute atomic E-state index is 0.00825. The molecule has 4 aliphatic heterocycles. The number of nitrogens with one attached hydrogen (secondary N) is 2. The molecule has 1 spiro atoms. The highest BCUT2D eigenvalue weighted by Crippen LogP contribution is 2.36. The van der Waals surface area contributed by atoms with Gasteiger partial charge in [-0.3, -0.25) is 19.2 Å². The zero-order valence-electron chi connectivity index (χ0n) is 24.0. The molecule has 4 aliphatic rings. The monoisotopic (exact) mass is 571 g/mol. The number of hydrogen-bond acceptors (Lipinski definition) is 6. The SMILES string of the molecule is Cc1ccc(C(=O)N2CCC3(CC2)Cc2cn(nn2)CCCOc2ccc(cc2)CCNC3=O)cc1N1CCNC1=O. The number of amides is 4. The lowest BCUT2D eigenvalue weighted by molar-refractivity contribution is -0.133. The topological polar surface area (TPSA) is 122 Å². The fraction of sp³-hybridized carbons (Fsp3) is 0.452. The third-order valence-corrected chi connectivity index (χ3v) is 8.62. The van der Waals surface area contributed by atoms with Crippen molar-refractivity contribution >= 4 is 23.5 Å². The second-order valence-electron chi connectivity index (χ2n) is 11.5. The number of aryl methyl sites for hydroxylation is 2. The molecule has 3 aromatic rings. The Kier molecular flexibility index (Phi) is 7.82. The van der Waals surface area contributed by atoms with Gasteiger partial charge in [-0.05, 0) is 61.6 Å². The van der Waals surface area contributed by atoms with Gasteiger partial charge in [0.25, 0.3) is 5.91 Å². The molecule has 42 heavy (non-hydrogen) atoms. The van der Waals surface area contributed by atoms with E-state index in [0.29, 0.717) is 77.1 Å². The van der Waals surface area contributed by atoms with Crippen molar-refractivity contribution in [3.63, 3.8) is 0 Å². The molecule has 0 unspecified atom stereocenters. The summed E-state index contributed by atoms with van der Waals surface area (Å²) in [5.41, 5.74) is 3.45. The van der Waals surface area contributed by atoms with E-state index in [1.807, 2.05) is 60.5 Å². The number of nitrogens with zero attached hydrogens (tertiary/aromatic N) is 5. The first kappa shape index (κ1) is 27.7. The Morgan fingerprint density at radius 2 is 1.79 bits per heavy atom. The number of piperidine rings is 1. The Labute approximate surface area is 245 Å². The zero-order valence-corrected chi connectivity index (χ0v) is 24.0. The van der Waals surface area contributed by atoms with E-state index in [-0.39, 0.29) is 17.8 Å². The maximum Gasteiger partial charge on any atom is 0.322 e. The van der Waals surface area contributed by atoms with Gasteiger partial charge < -0.3 is 20.3 Å². The van der Waals surface area contributed by atoms with Crippen molar-refractivity contribution < 1.29 is 19.1 Å². The van der Waals surface area contributed by atoms with E-state index < -0.39 is 5.41 Å². The van der Waals surface area contributed by atoms with Gasteiger partial charge >= 0.3 is 6.03 Å². The standard InChI is InChI=1S/C31H37N7O4/c1-22-3-6-24(19-27(22)38-17-13-33-30(38)41)28(39)36-15-10-31(11-16-36)20-25-21-37(35-34-25)14-2-18-42-26-7-4-23(5-8-26)9-12-32-29(31)40/h3-8,19,21H,2,9-18,20H2,1H3,(H,32,40)(H,33,41). The van der Waals surface area contributed by atoms with Crippen molar-refractivity contribution in [2.45, 2.75) is 45.6 Å². The first-order valence-corrected chi connectivity index (χ1v) is 14.7. The van der Waals surface area contributed by atoms with Gasteiger partial charge in [-0.2, -0.15) is 0 Å². The first-order chi connectivity index (χ1) is 20.4. The Hall–Kier alpha value is -4.41. The highest BCUT2D eigenvalue weighted by atomic mass is 16.5. The minimum Gasteiger partial charge on any atom is -0.494 e. The van der Waals surface area contributed by atoms with E-state index in [1.165, 1.54) is 0 Å². The summed E-state index contributed by atoms with van der Waals surface area (Å²) in [4.78, 5) is 43.2. The van der Waals surface area contributed by atoms with Crippen molar-refractivity contribution in [3.05, 3.63) is 71.0 Å². The van der Waals surface area contributed by atoms with E-state index in [4.69, 9.17) is 4.74 Å². The van der Waals surface area contributed by atoms with Crippen LogP contribution < -0.4 is 20.3 Å². The number of carbonyl (C=O) groups excluding carboxylic acids is 3. The molecule has 0 aliphatic carbocycles. The summed E-state index contributed by atoms with van der Waals surface area (Å²) in [5, 5.41) is 14.7. The van der Waals surface area contributed by atoms with Crippen LogP contribution in [0.15, 0.2) is 48.7 Å². The molecule has 7 rings (SSSR count). The molecule has 2 N–H and O–H groups in total. The van der Waals surface area contributed by atoms with Crippen LogP contribution in [0.2, 0.25) is 0 Å². The van der Waals surface area contributed by atoms with Crippen LogP contribution in [-0.4, -0.2) is 77.1 Å². The number of urea groups is 1. The molecule has 2 fully saturated rings. The van der Waals surface area contributed by atoms with Crippen LogP contribution in [0.5, 0.6) is 5.75 Å². The second kappa shape index (κ2) is 11.8. The number of benzene rings is 2. The molecule has 4 amide bonds. The molecule has 0 atom stereocenters. The van der Waals surface area contributed by atoms with E-state index in [0.717, 1.165) is 34.7 Å². The number of rotatable bonds is 2. The minimum atomic E-state index is -0.690. The maximum absolute atomic E-state index is 13.8. The third-order valence-electron chi connectivity index (χ3n) is 8.62. The smallest absolute Gasteiger partial charge is 0.322 e. The molecule has 4 bridgehead atoms. The number of ether oxygens (including phenoxy) is 1. The third kappa shape index (κ3) is 5.81. The van der Waals surface area contributed by atoms with Gasteiger partial charge in [0.05, 0.1) is 17.7 Å². The number of likely N-dealkylation sites (tertiary alicyclic amines) is 1. The van der Waals surface area contributed by atoms with Gasteiger partial charge in [0, 0.05) is 69.6 Å². The van der Waals surface area contributed by atoms with Crippen molar-refractivity contribution in [2.75, 3.05) is 44.2 Å². The van der Waals surface area contributed by atoms with Crippen molar-refractivity contribution in [1.82, 2.24) is 30.5 Å². The summed E-state index contributed by atoms with van der Waals surface area (Å²) in [6, 6.07) is 13.4. The van der Waals surface area contributed by atoms with Crippen LogP contribution >= 0.6 is 0 Å². The number of fused-ring (bicyclic) bond motifs is 8. The van der Waals surface area contributed by atoms with Crippen molar-refractivity contribution in [2.24, 2.45) is 5.41 Å². The summed E-state index contributed by atoms with van der Waals surface area (Å²) in [7, 11) is 0. The molecule has 11 nitrogen and oxygen atoms in total. The van der Waals surface area contributed by atoms with Gasteiger partial charge in [0.15, 0.2) is 0 Å². The Bertz CT molecular complexity index is 1460. The molecule has 1 aromatic heterocycles. The van der Waals surface area contributed by atoms with Gasteiger partial charge in [0.1, 0.15) is 5.75 Å². The average molecular weight is 572 g/mol. The van der Waals surface area contributed by atoms with Gasteiger partial charge in [0.2, 0.25) is 5.91 Å². The highest BCUT2D eigenvalue weighted by Gasteiger charge is 2.43. The predicted octanol–water partition coefficient (Wildman–Crippen LogP) is 2.72. The van der Waals surface area contributed by atoms with Crippen LogP contribution in [0.3, 0.4) is 0 Å². The summed E-state index contributed by atoms with van der Waals surface area (Å²) in [6.07, 6.45) is 4.93. The second-order valence-corrected chi connectivity index (χ2v) is 11.5. The Balaban J connectivity index is 1.18. The normalized spacial score (nSPS) is 19.3. The van der Waals surface area contributed by atoms with E-state index in [9.17, 15) is 14.4 Å². The summed E-state index contributed by atoms with van der Waals surface area (Å²) >= 11 is 0. The first-order valence-electron chi connectivity index (χ1n) is 14.7. The number of anilines is 1. The summed E-state index contributed by atoms with van der Waals surface area (Å²) in [6.45, 7) is 5.77. The van der Waals surface area contributed by atoms with Crippen LogP contribution in [0.1, 0.15) is 46.4 Å². The molecule has 5 heterocycles. The number of hydrogen-bond donors (Lipinski definition) is 2. The van der Waals surface area contributed by atoms with E-state index >= 15 is 0 Å². The molecule has 0 saturated carbocycles. The predicted molar refractivity (Wildman–Crippen MR) is 156 cm³/mol. The Morgan fingerprint density at radius 3 is 2.55 bits per heavy atom. The molecule has 11 heteroatoms. The van der Waals surface area contributed by atoms with Crippen molar-refractivity contribution in [3.8, 4) is 5.75 Å². The van der Waals surface area contributed by atoms with E-state index in [2.05, 4.69) is 20.9 Å². The van der Waals surface area contributed by atoms with Gasteiger partial charge in [-0.25, -0.2) is 4.79 Å². The van der Waals surface area contributed by atoms with Crippen LogP contribution in [0.25, 0.3) is 0 Å². The lowest BCUT2D eigenvalue weighted by Gasteiger charge is -2.40. The molecule has 0 radical (unpaired) electrons. The van der Waals surface area contributed by atoms with Crippen LogP contribution in [0, 0.1) is 12.3 Å². The summed E-state index contributed by atoms with van der Waals surface area (Å²) < 4.78 is 7.67. The summed E-state index contributed by atoms with van der Waals surface area (Å²) in [5.74, 6) is 0.730. The maximum atomic E-state index is 13.8. The molecular weight excluding hydrogens is 534 g/mol. The van der Waals surface area contributed by atoms with Gasteiger partial charge in [-0.1, -0.05) is 23.4 Å². The molecule has 2 saturated heterocycles. The average Bonchev–Trinajstić information content (AvgIpc) is 3.64. The van der Waals surface area contributed by atoms with Crippen LogP contribution in [0.4, 0.5) is 10.5 Å². The lowest BCUT2D eigenvalue weighted by Crippen LogP contribution is -2.51. The zero-order chi connectivity index (χ0) is 29.1. The fourth-order valence-corrected chi connectivity index (χ4v) is 6.09. The quantitative estimate of drug-likeness (QED) is 0.488.